The molecule has 0 radical (unpaired) electrons. The maximum atomic E-state index is 13.5. The second-order valence-corrected chi connectivity index (χ2v) is 11.3. The van der Waals surface area contributed by atoms with E-state index in [0.29, 0.717) is 6.54 Å². The van der Waals surface area contributed by atoms with Crippen LogP contribution in [0.25, 0.3) is 0 Å². The normalized spacial score (nSPS) is 28.1. The summed E-state index contributed by atoms with van der Waals surface area (Å²) in [7, 11) is 0. The van der Waals surface area contributed by atoms with Crippen LogP contribution in [0.5, 0.6) is 0 Å². The number of nitrogens with one attached hydrogen (secondary N) is 2. The molecule has 0 bridgehead atoms. The van der Waals surface area contributed by atoms with Crippen molar-refractivity contribution in [3.05, 3.63) is 12.7 Å². The van der Waals surface area contributed by atoms with Crippen LogP contribution < -0.4 is 16.4 Å². The maximum absolute atomic E-state index is 13.5. The molecule has 1 heterocycles. The summed E-state index contributed by atoms with van der Waals surface area (Å²) in [5.41, 5.74) is 5.75. The van der Waals surface area contributed by atoms with Crippen LogP contribution in [0.3, 0.4) is 0 Å². The Morgan fingerprint density at radius 2 is 1.84 bits per heavy atom. The topological polar surface area (TPSA) is 122 Å². The third kappa shape index (κ3) is 4.34. The van der Waals surface area contributed by atoms with Crippen molar-refractivity contribution in [1.82, 2.24) is 15.5 Å². The van der Waals surface area contributed by atoms with Gasteiger partial charge in [-0.3, -0.25) is 19.2 Å². The number of piperidine rings is 1. The number of Topliss-reactive ketones (excluding diaryl/α,β-unsaturated/α-hetero) is 1. The van der Waals surface area contributed by atoms with Gasteiger partial charge in [-0.25, -0.2) is 0 Å². The van der Waals surface area contributed by atoms with Gasteiger partial charge in [0.1, 0.15) is 12.1 Å². The number of hydrogen-bond acceptors (Lipinski definition) is 5. The Morgan fingerprint density at radius 1 is 1.22 bits per heavy atom. The van der Waals surface area contributed by atoms with E-state index < -0.39 is 35.2 Å². The number of carbonyl (C=O) groups excluding carboxylic acids is 4. The second-order valence-electron chi connectivity index (χ2n) is 11.3. The highest BCUT2D eigenvalue weighted by Gasteiger charge is 2.69. The fourth-order valence-corrected chi connectivity index (χ4v) is 5.16. The van der Waals surface area contributed by atoms with Crippen LogP contribution in [0.2, 0.25) is 0 Å². The largest absolute Gasteiger partial charge is 0.346 e. The van der Waals surface area contributed by atoms with Gasteiger partial charge in [0, 0.05) is 13.1 Å². The summed E-state index contributed by atoms with van der Waals surface area (Å²) < 4.78 is 0. The Morgan fingerprint density at radius 3 is 2.34 bits per heavy atom. The molecule has 0 aromatic rings. The Balaban J connectivity index is 1.80. The van der Waals surface area contributed by atoms with Crippen molar-refractivity contribution in [1.29, 1.82) is 0 Å². The van der Waals surface area contributed by atoms with Gasteiger partial charge in [-0.05, 0) is 41.4 Å². The fraction of sp³-hybridized carbons (Fsp3) is 0.750. The van der Waals surface area contributed by atoms with Gasteiger partial charge in [-0.1, -0.05) is 47.1 Å². The van der Waals surface area contributed by atoms with E-state index in [1.165, 1.54) is 6.08 Å². The van der Waals surface area contributed by atoms with Crippen LogP contribution in [0.4, 0.5) is 0 Å². The van der Waals surface area contributed by atoms with Crippen LogP contribution in [-0.2, 0) is 19.2 Å². The minimum absolute atomic E-state index is 0.0188. The van der Waals surface area contributed by atoms with Crippen molar-refractivity contribution in [2.24, 2.45) is 34.3 Å². The summed E-state index contributed by atoms with van der Waals surface area (Å²) in [6.07, 6.45) is 4.03. The van der Waals surface area contributed by atoms with Gasteiger partial charge < -0.3 is 21.3 Å². The monoisotopic (exact) mass is 446 g/mol. The second kappa shape index (κ2) is 8.61. The Bertz CT molecular complexity index is 811. The fourth-order valence-electron chi connectivity index (χ4n) is 5.16. The van der Waals surface area contributed by atoms with Gasteiger partial charge in [0.2, 0.25) is 17.6 Å². The minimum atomic E-state index is -0.879. The summed E-state index contributed by atoms with van der Waals surface area (Å²) in [5, 5.41) is 5.37. The number of carbonyl (C=O) groups is 4. The predicted molar refractivity (Wildman–Crippen MR) is 121 cm³/mol. The predicted octanol–water partition coefficient (Wildman–Crippen LogP) is 0.999. The first-order valence-corrected chi connectivity index (χ1v) is 11.6. The van der Waals surface area contributed by atoms with Gasteiger partial charge in [0.25, 0.3) is 5.91 Å². The lowest BCUT2D eigenvalue weighted by Crippen LogP contribution is -2.60. The minimum Gasteiger partial charge on any atom is -0.346 e. The lowest BCUT2D eigenvalue weighted by Gasteiger charge is -2.37. The van der Waals surface area contributed by atoms with Gasteiger partial charge in [0.05, 0.1) is 6.04 Å². The molecule has 1 unspecified atom stereocenters. The summed E-state index contributed by atoms with van der Waals surface area (Å²) in [6.45, 7) is 14.1. The number of fused-ring (bicyclic) bond motifs is 1. The van der Waals surface area contributed by atoms with Crippen molar-refractivity contribution in [2.45, 2.75) is 72.0 Å². The van der Waals surface area contributed by atoms with Crippen LogP contribution in [0.15, 0.2) is 12.7 Å². The van der Waals surface area contributed by atoms with Gasteiger partial charge in [0.15, 0.2) is 0 Å². The molecule has 1 saturated heterocycles. The van der Waals surface area contributed by atoms with Crippen molar-refractivity contribution in [3.8, 4) is 0 Å². The first-order chi connectivity index (χ1) is 14.8. The van der Waals surface area contributed by atoms with Crippen LogP contribution >= 0.6 is 0 Å². The van der Waals surface area contributed by atoms with Gasteiger partial charge >= 0.3 is 0 Å². The molecule has 3 fully saturated rings. The average Bonchev–Trinajstić information content (AvgIpc) is 3.03. The highest BCUT2D eigenvalue weighted by molar-refractivity contribution is 6.38. The third-order valence-electron chi connectivity index (χ3n) is 7.79. The van der Waals surface area contributed by atoms with Crippen LogP contribution in [0, 0.1) is 28.6 Å². The van der Waals surface area contributed by atoms with Gasteiger partial charge in [-0.2, -0.15) is 0 Å². The number of nitrogens with zero attached hydrogens (tertiary/aromatic N) is 1. The molecule has 8 nitrogen and oxygen atoms in total. The standard InChI is InChI=1S/C24H38N4O4/c1-7-11-26-21(31)18(29)16(13-9-8-10-13)27-20(30)17-15-14(24(15,5)6)12-28(17)22(32)19(25)23(2,3)4/h7,13-17,19H,1,8-12,25H2,2-6H3,(H,26,31)(H,27,30)/t14-,15-,16?,17-,19+/m0/s1. The Hall–Kier alpha value is -2.22. The van der Waals surface area contributed by atoms with E-state index >= 15 is 0 Å². The molecule has 4 N–H and O–H groups in total. The molecule has 32 heavy (non-hydrogen) atoms. The molecule has 0 aromatic heterocycles. The van der Waals surface area contributed by atoms with E-state index in [9.17, 15) is 19.2 Å². The first-order valence-electron chi connectivity index (χ1n) is 11.6. The lowest BCUT2D eigenvalue weighted by molar-refractivity contribution is -0.145. The average molecular weight is 447 g/mol. The molecule has 2 saturated carbocycles. The molecule has 1 aliphatic heterocycles. The molecule has 0 aromatic carbocycles. The van der Waals surface area contributed by atoms with Crippen molar-refractivity contribution in [3.63, 3.8) is 0 Å². The SMILES string of the molecule is C=CCNC(=O)C(=O)C(NC(=O)[C@@H]1[C@@H]2[C@H](CN1C(=O)[C@@H](N)C(C)(C)C)C2(C)C)C1CCC1. The summed E-state index contributed by atoms with van der Waals surface area (Å²) in [6, 6.07) is -2.29. The number of hydrogen-bond donors (Lipinski definition) is 3. The third-order valence-corrected chi connectivity index (χ3v) is 7.79. The molecule has 3 amide bonds. The number of ketones is 1. The van der Waals surface area contributed by atoms with E-state index in [2.05, 4.69) is 31.1 Å². The summed E-state index contributed by atoms with van der Waals surface area (Å²) in [4.78, 5) is 53.5. The zero-order valence-corrected chi connectivity index (χ0v) is 19.9. The molecule has 0 spiro atoms. The van der Waals surface area contributed by atoms with E-state index in [4.69, 9.17) is 5.73 Å². The zero-order chi connectivity index (χ0) is 24.0. The molecular formula is C24H38N4O4. The zero-order valence-electron chi connectivity index (χ0n) is 19.9. The number of rotatable bonds is 8. The number of nitrogens with two attached hydrogens (primary N) is 1. The molecule has 3 aliphatic rings. The highest BCUT2D eigenvalue weighted by Crippen LogP contribution is 2.65. The number of amides is 3. The van der Waals surface area contributed by atoms with Crippen molar-refractivity contribution < 1.29 is 19.2 Å². The summed E-state index contributed by atoms with van der Waals surface area (Å²) in [5.74, 6) is -1.78. The van der Waals surface area contributed by atoms with Crippen LogP contribution in [0.1, 0.15) is 53.9 Å². The van der Waals surface area contributed by atoms with Crippen molar-refractivity contribution in [2.75, 3.05) is 13.1 Å². The Kier molecular flexibility index (Phi) is 6.57. The quantitative estimate of drug-likeness (QED) is 0.379. The molecule has 2 aliphatic carbocycles. The molecule has 5 atom stereocenters. The molecule has 3 rings (SSSR count). The van der Waals surface area contributed by atoms with E-state index in [1.807, 2.05) is 20.8 Å². The maximum Gasteiger partial charge on any atom is 0.289 e. The molecule has 178 valence electrons. The molecular weight excluding hydrogens is 408 g/mol. The first kappa shape index (κ1) is 24.4. The summed E-state index contributed by atoms with van der Waals surface area (Å²) >= 11 is 0. The van der Waals surface area contributed by atoms with E-state index in [1.54, 1.807) is 4.90 Å². The highest BCUT2D eigenvalue weighted by atomic mass is 16.2. The Labute approximate surface area is 190 Å². The van der Waals surface area contributed by atoms with Gasteiger partial charge in [-0.15, -0.1) is 6.58 Å². The van der Waals surface area contributed by atoms with Crippen molar-refractivity contribution >= 4 is 23.5 Å². The smallest absolute Gasteiger partial charge is 0.289 e. The lowest BCUT2D eigenvalue weighted by atomic mass is 9.77. The number of likely N-dealkylation sites (tertiary alicyclic amines) is 1. The van der Waals surface area contributed by atoms with E-state index in [-0.39, 0.29) is 41.5 Å². The molecule has 8 heteroatoms. The van der Waals surface area contributed by atoms with Crippen LogP contribution in [-0.4, -0.2) is 59.6 Å². The van der Waals surface area contributed by atoms with E-state index in [0.717, 1.165) is 19.3 Å².